The number of nitrogens with zero attached hydrogens (tertiary/aromatic N) is 3. The van der Waals surface area contributed by atoms with Crippen molar-refractivity contribution in [2.75, 3.05) is 92.4 Å². The first-order valence-corrected chi connectivity index (χ1v) is 29.4. The number of likely N-dealkylation sites (N-methyl/N-ethyl adjacent to an activating group) is 1. The number of aliphatic hydroxyl groups is 4. The fourth-order valence-electron chi connectivity index (χ4n) is 15.4. The van der Waals surface area contributed by atoms with Crippen LogP contribution in [0.2, 0.25) is 0 Å². The standard InChI is InChI=1S/C61H86N6O15/c1-9-39(34-68)82-49(78-7)35-81-48(70)20-14-19-47(69)63-37(4)51(71)80-28-16-24-62-55(73)61(76)53-59(23-27-67-25-15-22-58(11-3,52(59)67)54(61)72)42-29-43(46(77-6)30-45(42)65(53)5)60(56(74)79-8)32-38-31-57(75,10-2)36-66(33-38)26-21-41-40-17-12-13-18-44(40)64-50(41)60/h12-13,15,17-18,22,29-30,37-39,49,52-54,64,68,72,75-76H,9-11,14,16,19-21,23-28,31-36H2,1-8H3,(H,62,73)(H,63,69)/t37-,38-,39?,49?,52?,53?,54-,57?,58-,59-,60+,61+/m1/s1. The van der Waals surface area contributed by atoms with E-state index in [0.29, 0.717) is 93.9 Å². The molecule has 2 saturated heterocycles. The van der Waals surface area contributed by atoms with Gasteiger partial charge in [0.1, 0.15) is 29.9 Å². The van der Waals surface area contributed by atoms with Crippen LogP contribution in [0.25, 0.3) is 10.9 Å². The van der Waals surface area contributed by atoms with E-state index in [1.807, 2.05) is 69.1 Å². The van der Waals surface area contributed by atoms with E-state index in [2.05, 4.69) is 37.6 Å². The second kappa shape index (κ2) is 24.5. The quantitative estimate of drug-likeness (QED) is 0.0236. The van der Waals surface area contributed by atoms with Gasteiger partial charge < -0.3 is 69.4 Å². The van der Waals surface area contributed by atoms with Crippen molar-refractivity contribution >= 4 is 46.3 Å². The second-order valence-corrected chi connectivity index (χ2v) is 23.7. The number of piperidine rings is 1. The number of benzene rings is 2. The third-order valence-corrected chi connectivity index (χ3v) is 19.2. The summed E-state index contributed by atoms with van der Waals surface area (Å²) in [5.74, 6) is -2.75. The Morgan fingerprint density at radius 3 is 2.43 bits per heavy atom. The van der Waals surface area contributed by atoms with Crippen LogP contribution < -0.4 is 20.3 Å². The molecule has 0 radical (unpaired) electrons. The van der Waals surface area contributed by atoms with Crippen LogP contribution in [0.15, 0.2) is 48.6 Å². The predicted octanol–water partition coefficient (Wildman–Crippen LogP) is 3.27. The molecular formula is C61H86N6O15. The van der Waals surface area contributed by atoms with Gasteiger partial charge in [-0.2, -0.15) is 0 Å². The van der Waals surface area contributed by atoms with Crippen molar-refractivity contribution in [1.29, 1.82) is 0 Å². The zero-order valence-electron chi connectivity index (χ0n) is 48.9. The number of ether oxygens (including phenoxy) is 6. The van der Waals surface area contributed by atoms with Crippen molar-refractivity contribution in [1.82, 2.24) is 25.4 Å². The van der Waals surface area contributed by atoms with E-state index in [1.54, 1.807) is 7.11 Å². The molecule has 9 rings (SSSR count). The Hall–Kier alpha value is -5.65. The summed E-state index contributed by atoms with van der Waals surface area (Å²) < 4.78 is 33.9. The van der Waals surface area contributed by atoms with Crippen LogP contribution in [0, 0.1) is 11.3 Å². The van der Waals surface area contributed by atoms with Crippen molar-refractivity contribution < 1.29 is 72.8 Å². The van der Waals surface area contributed by atoms with Crippen LogP contribution in [-0.2, 0) is 64.9 Å². The van der Waals surface area contributed by atoms with Gasteiger partial charge in [0.05, 0.1) is 45.2 Å². The number of aromatic nitrogens is 1. The normalized spacial score (nSPS) is 31.0. The molecule has 7 N–H and O–H groups in total. The number of H-pyrrole nitrogens is 1. The van der Waals surface area contributed by atoms with Gasteiger partial charge in [-0.15, -0.1) is 0 Å². The van der Waals surface area contributed by atoms with Crippen LogP contribution in [0.1, 0.15) is 114 Å². The van der Waals surface area contributed by atoms with Crippen LogP contribution >= 0.6 is 0 Å². The Kier molecular flexibility index (Phi) is 18.2. The van der Waals surface area contributed by atoms with Crippen LogP contribution in [-0.4, -0.2) is 200 Å². The summed E-state index contributed by atoms with van der Waals surface area (Å²) in [4.78, 5) is 79.2. The Bertz CT molecular complexity index is 2880. The lowest BCUT2D eigenvalue weighted by molar-refractivity contribution is -0.203. The molecule has 6 aliphatic rings. The summed E-state index contributed by atoms with van der Waals surface area (Å²) in [7, 11) is 6.22. The number of hydrogen-bond acceptors (Lipinski definition) is 18. The fourth-order valence-corrected chi connectivity index (χ4v) is 15.4. The highest BCUT2D eigenvalue weighted by atomic mass is 16.7. The van der Waals surface area contributed by atoms with Crippen molar-refractivity contribution in [3.63, 3.8) is 0 Å². The maximum Gasteiger partial charge on any atom is 0.328 e. The van der Waals surface area contributed by atoms with Gasteiger partial charge >= 0.3 is 17.9 Å². The Morgan fingerprint density at radius 1 is 0.939 bits per heavy atom. The van der Waals surface area contributed by atoms with Crippen LogP contribution in [0.5, 0.6) is 5.75 Å². The molecule has 5 unspecified atom stereocenters. The minimum Gasteiger partial charge on any atom is -0.496 e. The number of esters is 3. The van der Waals surface area contributed by atoms with Gasteiger partial charge in [0.2, 0.25) is 5.91 Å². The topological polar surface area (TPSA) is 271 Å². The number of carbonyl (C=O) groups excluding carboxylic acids is 5. The highest BCUT2D eigenvalue weighted by molar-refractivity contribution is 5.95. The van der Waals surface area contributed by atoms with E-state index in [4.69, 9.17) is 28.4 Å². The average Bonchev–Trinajstić information content (AvgIpc) is 3.18. The van der Waals surface area contributed by atoms with Crippen molar-refractivity contribution in [3.05, 3.63) is 70.9 Å². The van der Waals surface area contributed by atoms with Gasteiger partial charge in [-0.3, -0.25) is 29.0 Å². The molecule has 450 valence electrons. The number of carbonyl (C=O) groups is 5. The van der Waals surface area contributed by atoms with E-state index in [0.717, 1.165) is 22.0 Å². The molecule has 3 fully saturated rings. The number of amides is 2. The van der Waals surface area contributed by atoms with E-state index in [9.17, 15) is 34.8 Å². The van der Waals surface area contributed by atoms with Gasteiger partial charge in [0.15, 0.2) is 11.9 Å². The summed E-state index contributed by atoms with van der Waals surface area (Å²) in [6, 6.07) is 9.63. The predicted molar refractivity (Wildman–Crippen MR) is 303 cm³/mol. The number of aromatic amines is 1. The van der Waals surface area contributed by atoms with E-state index in [1.165, 1.54) is 21.1 Å². The lowest BCUT2D eigenvalue weighted by Crippen LogP contribution is -2.81. The Labute approximate surface area is 480 Å². The van der Waals surface area contributed by atoms with E-state index < -0.39 is 87.8 Å². The third kappa shape index (κ3) is 10.5. The molecule has 21 nitrogen and oxygen atoms in total. The SMILES string of the molecule is CCC(CO)OC(COC(=O)CCCC(=O)N[C@H](C)C(=O)OCCCNC(=O)[C@]1(O)C2N(C)c3cc(OC)c([C@@]4(C(=O)OC)C[C@@H]5C[N@](CCc6c4[nH]c4ccccc64)CC(O)(CC)C5)cc3[C@@]23CCN2CC=C[C@](CC)(C23)[C@H]1O)OC. The van der Waals surface area contributed by atoms with Crippen molar-refractivity contribution in [2.24, 2.45) is 11.3 Å². The molecule has 1 saturated carbocycles. The first-order valence-electron chi connectivity index (χ1n) is 29.4. The third-order valence-electron chi connectivity index (χ3n) is 19.2. The molecule has 2 bridgehead atoms. The number of anilines is 1. The summed E-state index contributed by atoms with van der Waals surface area (Å²) in [6.45, 7) is 9.80. The monoisotopic (exact) mass is 1140 g/mol. The molecule has 82 heavy (non-hydrogen) atoms. The minimum absolute atomic E-state index is 0.0328. The lowest BCUT2D eigenvalue weighted by atomic mass is 9.47. The number of fused-ring (bicyclic) bond motifs is 6. The molecule has 1 aromatic heterocycles. The van der Waals surface area contributed by atoms with Gasteiger partial charge in [-0.05, 0) is 100 Å². The van der Waals surface area contributed by atoms with Gasteiger partial charge in [0.25, 0.3) is 5.91 Å². The first kappa shape index (κ1) is 60.9. The fraction of sp³-hybridized carbons (Fsp3) is 0.656. The average molecular weight is 1140 g/mol. The van der Waals surface area contributed by atoms with Gasteiger partial charge in [0, 0.05) is 111 Å². The number of aliphatic hydroxyl groups excluding tert-OH is 2. The van der Waals surface area contributed by atoms with Gasteiger partial charge in [-0.25, -0.2) is 4.79 Å². The highest BCUT2D eigenvalue weighted by Crippen LogP contribution is 2.67. The zero-order chi connectivity index (χ0) is 58.9. The summed E-state index contributed by atoms with van der Waals surface area (Å²) in [5, 5.41) is 54.6. The zero-order valence-corrected chi connectivity index (χ0v) is 48.9. The maximum atomic E-state index is 15.5. The summed E-state index contributed by atoms with van der Waals surface area (Å²) >= 11 is 0. The molecule has 5 aliphatic heterocycles. The summed E-state index contributed by atoms with van der Waals surface area (Å²) in [5.41, 5.74) is -2.33. The molecule has 2 aromatic carbocycles. The Balaban J connectivity index is 0.962. The molecular weight excluding hydrogens is 1060 g/mol. The van der Waals surface area contributed by atoms with Crippen molar-refractivity contribution in [3.8, 4) is 5.75 Å². The Morgan fingerprint density at radius 2 is 1.72 bits per heavy atom. The largest absolute Gasteiger partial charge is 0.496 e. The summed E-state index contributed by atoms with van der Waals surface area (Å²) in [6.07, 6.45) is 4.61. The van der Waals surface area contributed by atoms with Crippen molar-refractivity contribution in [2.45, 2.75) is 157 Å². The molecule has 1 aliphatic carbocycles. The minimum atomic E-state index is -2.42. The molecule has 3 aromatic rings. The molecule has 21 heteroatoms. The van der Waals surface area contributed by atoms with E-state index in [-0.39, 0.29) is 70.4 Å². The maximum absolute atomic E-state index is 15.5. The number of nitrogens with one attached hydrogen (secondary N) is 3. The second-order valence-electron chi connectivity index (χ2n) is 23.7. The number of hydrogen-bond donors (Lipinski definition) is 7. The molecule has 1 spiro atoms. The molecule has 2 amide bonds. The smallest absolute Gasteiger partial charge is 0.328 e. The number of methoxy groups -OCH3 is 3. The van der Waals surface area contributed by atoms with Crippen LogP contribution in [0.3, 0.4) is 0 Å². The molecule has 6 heterocycles. The van der Waals surface area contributed by atoms with Gasteiger partial charge in [-0.1, -0.05) is 51.1 Å². The lowest BCUT2D eigenvalue weighted by Gasteiger charge is -2.63. The van der Waals surface area contributed by atoms with Crippen LogP contribution in [0.4, 0.5) is 5.69 Å². The molecule has 13 atom stereocenters. The number of para-hydroxylation sites is 1. The first-order chi connectivity index (χ1) is 39.3. The van der Waals surface area contributed by atoms with E-state index >= 15 is 9.59 Å². The number of rotatable bonds is 23. The highest BCUT2D eigenvalue weighted by Gasteiger charge is 2.78.